The minimum absolute atomic E-state index is 0.333. The van der Waals surface area contributed by atoms with Crippen LogP contribution in [0.25, 0.3) is 0 Å². The Morgan fingerprint density at radius 3 is 2.32 bits per heavy atom. The average molecular weight is 347 g/mol. The van der Waals surface area contributed by atoms with Crippen molar-refractivity contribution in [1.29, 1.82) is 0 Å². The normalized spacial score (nSPS) is 44.8. The van der Waals surface area contributed by atoms with E-state index in [1.54, 1.807) is 0 Å². The summed E-state index contributed by atoms with van der Waals surface area (Å²) in [7, 11) is 0. The summed E-state index contributed by atoms with van der Waals surface area (Å²) < 4.78 is 0. The molecule has 144 valence electrons. The van der Waals surface area contributed by atoms with Crippen molar-refractivity contribution in [2.75, 3.05) is 0 Å². The van der Waals surface area contributed by atoms with Crippen molar-refractivity contribution < 1.29 is 4.79 Å². The second kappa shape index (κ2) is 7.97. The molecule has 3 fully saturated rings. The molecule has 6 atom stereocenters. The Labute approximate surface area is 157 Å². The second-order valence-corrected chi connectivity index (χ2v) is 9.08. The lowest BCUT2D eigenvalue weighted by Crippen LogP contribution is -2.51. The minimum atomic E-state index is 0.333. The molecule has 0 heterocycles. The third-order valence-corrected chi connectivity index (χ3v) is 8.06. The second-order valence-electron chi connectivity index (χ2n) is 9.08. The van der Waals surface area contributed by atoms with Crippen molar-refractivity contribution in [3.63, 3.8) is 0 Å². The Hall–Kier alpha value is -0.590. The summed E-state index contributed by atoms with van der Waals surface area (Å²) in [4.78, 5) is 11.9. The Morgan fingerprint density at radius 2 is 1.64 bits per heavy atom. The molecular formula is C24H42O. The maximum Gasteiger partial charge on any atom is 0.155 e. The summed E-state index contributed by atoms with van der Waals surface area (Å²) in [6.07, 6.45) is 12.5. The van der Waals surface area contributed by atoms with Gasteiger partial charge in [-0.05, 0) is 79.1 Å². The smallest absolute Gasteiger partial charge is 0.155 e. The van der Waals surface area contributed by atoms with E-state index >= 15 is 0 Å². The summed E-state index contributed by atoms with van der Waals surface area (Å²) in [6.45, 7) is 15.5. The molecule has 0 radical (unpaired) electrons. The van der Waals surface area contributed by atoms with Crippen LogP contribution in [-0.2, 0) is 4.79 Å². The van der Waals surface area contributed by atoms with Crippen LogP contribution in [-0.4, -0.2) is 5.78 Å². The SMILES string of the molecule is CC.CC.CC1CC2C(CCC3(C)CCC[C@@H]23)C2(C)CCC(=O)C=C12. The Kier molecular flexibility index (Phi) is 6.60. The zero-order chi connectivity index (χ0) is 18.8. The van der Waals surface area contributed by atoms with Gasteiger partial charge in [0.1, 0.15) is 0 Å². The topological polar surface area (TPSA) is 17.1 Å². The number of carbonyl (C=O) groups is 1. The molecular weight excluding hydrogens is 304 g/mol. The molecule has 4 rings (SSSR count). The van der Waals surface area contributed by atoms with E-state index in [-0.39, 0.29) is 0 Å². The molecule has 25 heavy (non-hydrogen) atoms. The zero-order valence-corrected chi connectivity index (χ0v) is 18.0. The predicted octanol–water partition coefficient (Wildman–Crippen LogP) is 7.21. The summed E-state index contributed by atoms with van der Waals surface area (Å²) in [5.41, 5.74) is 2.49. The van der Waals surface area contributed by atoms with Gasteiger partial charge in [-0.15, -0.1) is 0 Å². The van der Waals surface area contributed by atoms with Crippen molar-refractivity contribution in [2.24, 2.45) is 34.5 Å². The lowest BCUT2D eigenvalue weighted by Gasteiger charge is -2.59. The van der Waals surface area contributed by atoms with Gasteiger partial charge in [0.2, 0.25) is 0 Å². The van der Waals surface area contributed by atoms with E-state index in [0.717, 1.165) is 30.6 Å². The molecule has 1 heteroatoms. The van der Waals surface area contributed by atoms with Crippen molar-refractivity contribution in [3.8, 4) is 0 Å². The van der Waals surface area contributed by atoms with E-state index in [1.165, 1.54) is 44.1 Å². The Balaban J connectivity index is 0.000000528. The minimum Gasteiger partial charge on any atom is -0.295 e. The molecule has 0 bridgehead atoms. The first-order valence-electron chi connectivity index (χ1n) is 11.2. The molecule has 0 aromatic rings. The van der Waals surface area contributed by atoms with Crippen molar-refractivity contribution >= 4 is 5.78 Å². The Bertz CT molecular complexity index is 504. The van der Waals surface area contributed by atoms with Crippen LogP contribution in [0.2, 0.25) is 0 Å². The first-order valence-corrected chi connectivity index (χ1v) is 11.2. The first kappa shape index (κ1) is 20.7. The van der Waals surface area contributed by atoms with E-state index in [9.17, 15) is 4.79 Å². The van der Waals surface area contributed by atoms with Crippen LogP contribution in [0.1, 0.15) is 99.8 Å². The monoisotopic (exact) mass is 346 g/mol. The Morgan fingerprint density at radius 1 is 0.960 bits per heavy atom. The molecule has 1 nitrogen and oxygen atoms in total. The van der Waals surface area contributed by atoms with Crippen LogP contribution >= 0.6 is 0 Å². The average Bonchev–Trinajstić information content (AvgIpc) is 3.02. The summed E-state index contributed by atoms with van der Waals surface area (Å²) in [5.74, 6) is 3.76. The molecule has 0 spiro atoms. The standard InChI is InChI=1S/C20H30O.2C2H6/c1-13-11-15-16-5-4-8-19(16,2)9-7-17(15)20(3)10-6-14(21)12-18(13)20;2*1-2/h12-13,15-17H,4-11H2,1-3H3;2*1-2H3/t13?,15?,16-,17?,19?,20?;;/m0../s1. The molecule has 5 unspecified atom stereocenters. The fourth-order valence-corrected chi connectivity index (χ4v) is 6.98. The van der Waals surface area contributed by atoms with Crippen molar-refractivity contribution in [3.05, 3.63) is 11.6 Å². The van der Waals surface area contributed by atoms with Gasteiger partial charge in [-0.3, -0.25) is 4.79 Å². The largest absolute Gasteiger partial charge is 0.295 e. The van der Waals surface area contributed by atoms with E-state index in [2.05, 4.69) is 20.8 Å². The number of allylic oxidation sites excluding steroid dienone is 1. The molecule has 4 aliphatic carbocycles. The highest BCUT2D eigenvalue weighted by Crippen LogP contribution is 2.66. The lowest BCUT2D eigenvalue weighted by molar-refractivity contribution is -0.117. The highest BCUT2D eigenvalue weighted by Gasteiger charge is 2.57. The van der Waals surface area contributed by atoms with Crippen LogP contribution < -0.4 is 0 Å². The van der Waals surface area contributed by atoms with Crippen molar-refractivity contribution in [1.82, 2.24) is 0 Å². The van der Waals surface area contributed by atoms with Gasteiger partial charge < -0.3 is 0 Å². The van der Waals surface area contributed by atoms with Crippen LogP contribution in [0.5, 0.6) is 0 Å². The fourth-order valence-electron chi connectivity index (χ4n) is 6.98. The molecule has 0 N–H and O–H groups in total. The third kappa shape index (κ3) is 3.37. The van der Waals surface area contributed by atoms with Gasteiger partial charge in [-0.1, -0.05) is 60.5 Å². The molecule has 3 saturated carbocycles. The number of carbonyl (C=O) groups excluding carboxylic acids is 1. The number of hydrogen-bond acceptors (Lipinski definition) is 1. The van der Waals surface area contributed by atoms with Gasteiger partial charge >= 0.3 is 0 Å². The van der Waals surface area contributed by atoms with Gasteiger partial charge in [-0.25, -0.2) is 0 Å². The fraction of sp³-hybridized carbons (Fsp3) is 0.875. The van der Waals surface area contributed by atoms with Gasteiger partial charge in [0.25, 0.3) is 0 Å². The molecule has 4 aliphatic rings. The van der Waals surface area contributed by atoms with Crippen LogP contribution in [0, 0.1) is 34.5 Å². The number of rotatable bonds is 0. The van der Waals surface area contributed by atoms with Crippen molar-refractivity contribution in [2.45, 2.75) is 99.8 Å². The number of ketones is 1. The highest BCUT2D eigenvalue weighted by molar-refractivity contribution is 5.91. The maximum absolute atomic E-state index is 11.9. The summed E-state index contributed by atoms with van der Waals surface area (Å²) in [5, 5.41) is 0. The van der Waals surface area contributed by atoms with Gasteiger partial charge in [-0.2, -0.15) is 0 Å². The van der Waals surface area contributed by atoms with Gasteiger partial charge in [0.05, 0.1) is 0 Å². The predicted molar refractivity (Wildman–Crippen MR) is 109 cm³/mol. The summed E-state index contributed by atoms with van der Waals surface area (Å²) >= 11 is 0. The highest BCUT2D eigenvalue weighted by atomic mass is 16.1. The summed E-state index contributed by atoms with van der Waals surface area (Å²) in [6, 6.07) is 0. The molecule has 0 saturated heterocycles. The molecule has 0 amide bonds. The van der Waals surface area contributed by atoms with E-state index in [1.807, 2.05) is 33.8 Å². The third-order valence-electron chi connectivity index (χ3n) is 8.06. The molecule has 0 aromatic carbocycles. The van der Waals surface area contributed by atoms with E-state index in [4.69, 9.17) is 0 Å². The lowest BCUT2D eigenvalue weighted by atomic mass is 9.46. The van der Waals surface area contributed by atoms with Crippen LogP contribution in [0.15, 0.2) is 11.6 Å². The van der Waals surface area contributed by atoms with Crippen LogP contribution in [0.3, 0.4) is 0 Å². The molecule has 0 aromatic heterocycles. The van der Waals surface area contributed by atoms with Gasteiger partial charge in [0, 0.05) is 6.42 Å². The maximum atomic E-state index is 11.9. The van der Waals surface area contributed by atoms with E-state index < -0.39 is 0 Å². The number of hydrogen-bond donors (Lipinski definition) is 0. The van der Waals surface area contributed by atoms with E-state index in [0.29, 0.717) is 22.5 Å². The zero-order valence-electron chi connectivity index (χ0n) is 18.0. The number of fused-ring (bicyclic) bond motifs is 5. The van der Waals surface area contributed by atoms with Gasteiger partial charge in [0.15, 0.2) is 5.78 Å². The first-order chi connectivity index (χ1) is 11.9. The molecule has 0 aliphatic heterocycles. The van der Waals surface area contributed by atoms with Crippen LogP contribution in [0.4, 0.5) is 0 Å². The quantitative estimate of drug-likeness (QED) is 0.453.